The zero-order valence-corrected chi connectivity index (χ0v) is 25.0. The second-order valence-electron chi connectivity index (χ2n) is 11.8. The number of nitrogens with one attached hydrogen (secondary N) is 1. The summed E-state index contributed by atoms with van der Waals surface area (Å²) in [6.07, 6.45) is 4.29. The standard InChI is InChI=1S/C33H38FN3O3Si/c1-33(2,3)41(27-10-6-4-7-11-27,28-12-8-5-9-13-28)40-23-19-25-16-20-36(21-17-25)26-14-15-30(29(34)24-26)37-22-18-31(38)35-32(37)39/h4-15,18,22,24-25H,16-17,19-21,23H2,1-3H3,(H,35,38,39). The first-order valence-electron chi connectivity index (χ1n) is 14.3. The molecule has 0 amide bonds. The number of hydrogen-bond acceptors (Lipinski definition) is 4. The van der Waals surface area contributed by atoms with Gasteiger partial charge < -0.3 is 9.33 Å². The van der Waals surface area contributed by atoms with Crippen molar-refractivity contribution in [2.24, 2.45) is 5.92 Å². The topological polar surface area (TPSA) is 67.3 Å². The van der Waals surface area contributed by atoms with Crippen LogP contribution in [0.4, 0.5) is 10.1 Å². The first-order valence-corrected chi connectivity index (χ1v) is 16.2. The molecule has 1 saturated heterocycles. The molecule has 1 aromatic heterocycles. The smallest absolute Gasteiger partial charge is 0.333 e. The van der Waals surface area contributed by atoms with Crippen LogP contribution in [0.5, 0.6) is 0 Å². The molecule has 0 atom stereocenters. The quantitative estimate of drug-likeness (QED) is 0.307. The third kappa shape index (κ3) is 5.99. The van der Waals surface area contributed by atoms with E-state index in [1.807, 2.05) is 6.07 Å². The SMILES string of the molecule is CC(C)(C)[Si](OCCC1CCN(c2ccc(-n3ccc(=O)[nH]c3=O)c(F)c2)CC1)(c1ccccc1)c1ccccc1. The summed E-state index contributed by atoms with van der Waals surface area (Å²) in [4.78, 5) is 27.8. The van der Waals surface area contributed by atoms with Crippen molar-refractivity contribution in [3.8, 4) is 5.69 Å². The van der Waals surface area contributed by atoms with Gasteiger partial charge in [-0.2, -0.15) is 0 Å². The Morgan fingerprint density at radius 3 is 2.05 bits per heavy atom. The molecule has 214 valence electrons. The van der Waals surface area contributed by atoms with E-state index in [1.165, 1.54) is 28.7 Å². The number of rotatable bonds is 8. The molecule has 1 aliphatic heterocycles. The minimum atomic E-state index is -2.54. The maximum atomic E-state index is 15.0. The number of anilines is 1. The van der Waals surface area contributed by atoms with Crippen LogP contribution in [0.15, 0.2) is 101 Å². The predicted octanol–water partition coefficient (Wildman–Crippen LogP) is 4.85. The van der Waals surface area contributed by atoms with Gasteiger partial charge in [0.1, 0.15) is 5.82 Å². The second kappa shape index (κ2) is 12.0. The van der Waals surface area contributed by atoms with Crippen LogP contribution in [0.25, 0.3) is 5.69 Å². The van der Waals surface area contributed by atoms with E-state index in [2.05, 4.69) is 91.3 Å². The molecule has 0 radical (unpaired) electrons. The summed E-state index contributed by atoms with van der Waals surface area (Å²) in [7, 11) is -2.54. The molecule has 1 N–H and O–H groups in total. The van der Waals surface area contributed by atoms with Gasteiger partial charge in [0.25, 0.3) is 13.9 Å². The van der Waals surface area contributed by atoms with Crippen LogP contribution >= 0.6 is 0 Å². The average Bonchev–Trinajstić information content (AvgIpc) is 2.96. The van der Waals surface area contributed by atoms with Crippen LogP contribution in [-0.2, 0) is 4.43 Å². The molecule has 0 bridgehead atoms. The van der Waals surface area contributed by atoms with Crippen LogP contribution in [-0.4, -0.2) is 37.6 Å². The molecule has 0 spiro atoms. The van der Waals surface area contributed by atoms with Gasteiger partial charge in [-0.15, -0.1) is 0 Å². The number of H-pyrrole nitrogens is 1. The Balaban J connectivity index is 1.25. The highest BCUT2D eigenvalue weighted by molar-refractivity contribution is 6.99. The van der Waals surface area contributed by atoms with Crippen LogP contribution in [0.1, 0.15) is 40.0 Å². The van der Waals surface area contributed by atoms with Gasteiger partial charge in [-0.3, -0.25) is 14.3 Å². The van der Waals surface area contributed by atoms with Gasteiger partial charge in [-0.05, 0) is 58.8 Å². The van der Waals surface area contributed by atoms with Crippen LogP contribution in [0, 0.1) is 11.7 Å². The first-order chi connectivity index (χ1) is 19.7. The van der Waals surface area contributed by atoms with Crippen molar-refractivity contribution in [3.63, 3.8) is 0 Å². The van der Waals surface area contributed by atoms with Crippen LogP contribution in [0.2, 0.25) is 5.04 Å². The molecule has 2 heterocycles. The molecule has 0 saturated carbocycles. The van der Waals surface area contributed by atoms with Gasteiger partial charge in [0, 0.05) is 37.6 Å². The summed E-state index contributed by atoms with van der Waals surface area (Å²) in [5.74, 6) is 0.0331. The molecular weight excluding hydrogens is 533 g/mol. The number of aromatic nitrogens is 2. The molecule has 5 rings (SSSR count). The minimum Gasteiger partial charge on any atom is -0.407 e. The Hall–Kier alpha value is -3.75. The first kappa shape index (κ1) is 28.8. The van der Waals surface area contributed by atoms with E-state index in [9.17, 15) is 9.59 Å². The molecule has 4 aromatic rings. The molecule has 8 heteroatoms. The number of benzene rings is 3. The van der Waals surface area contributed by atoms with E-state index in [0.29, 0.717) is 12.5 Å². The summed E-state index contributed by atoms with van der Waals surface area (Å²) < 4.78 is 23.2. The molecule has 6 nitrogen and oxygen atoms in total. The van der Waals surface area contributed by atoms with Crippen molar-refractivity contribution >= 4 is 24.4 Å². The van der Waals surface area contributed by atoms with Crippen LogP contribution < -0.4 is 26.5 Å². The normalized spacial score (nSPS) is 14.8. The Labute approximate surface area is 241 Å². The minimum absolute atomic E-state index is 0.0461. The third-order valence-electron chi connectivity index (χ3n) is 8.26. The molecule has 3 aromatic carbocycles. The number of hydrogen-bond donors (Lipinski definition) is 1. The van der Waals surface area contributed by atoms with Crippen molar-refractivity contribution in [2.45, 2.75) is 45.1 Å². The van der Waals surface area contributed by atoms with E-state index in [4.69, 9.17) is 4.43 Å². The van der Waals surface area contributed by atoms with Crippen molar-refractivity contribution in [1.29, 1.82) is 0 Å². The summed E-state index contributed by atoms with van der Waals surface area (Å²) in [6.45, 7) is 9.28. The lowest BCUT2D eigenvalue weighted by Crippen LogP contribution is -2.66. The number of nitrogens with zero attached hydrogens (tertiary/aromatic N) is 2. The maximum Gasteiger partial charge on any atom is 0.333 e. The summed E-state index contributed by atoms with van der Waals surface area (Å²) in [6, 6.07) is 27.6. The Kier molecular flexibility index (Phi) is 8.42. The molecule has 0 unspecified atom stereocenters. The fourth-order valence-electron chi connectivity index (χ4n) is 6.11. The van der Waals surface area contributed by atoms with Crippen molar-refractivity contribution in [2.75, 3.05) is 24.6 Å². The Morgan fingerprint density at radius 2 is 1.51 bits per heavy atom. The average molecular weight is 572 g/mol. The van der Waals surface area contributed by atoms with Gasteiger partial charge >= 0.3 is 5.69 Å². The Morgan fingerprint density at radius 1 is 0.902 bits per heavy atom. The molecule has 1 aliphatic rings. The lowest BCUT2D eigenvalue weighted by molar-refractivity contribution is 0.246. The van der Waals surface area contributed by atoms with Crippen molar-refractivity contribution in [1.82, 2.24) is 9.55 Å². The highest BCUT2D eigenvalue weighted by Crippen LogP contribution is 2.37. The fraction of sp³-hybridized carbons (Fsp3) is 0.333. The van der Waals surface area contributed by atoms with Gasteiger partial charge in [-0.1, -0.05) is 81.4 Å². The maximum absolute atomic E-state index is 15.0. The largest absolute Gasteiger partial charge is 0.407 e. The van der Waals surface area contributed by atoms with Crippen molar-refractivity contribution < 1.29 is 8.82 Å². The summed E-state index contributed by atoms with van der Waals surface area (Å²) >= 11 is 0. The highest BCUT2D eigenvalue weighted by Gasteiger charge is 2.50. The lowest BCUT2D eigenvalue weighted by Gasteiger charge is -2.43. The molecular formula is C33H38FN3O3Si. The van der Waals surface area contributed by atoms with E-state index < -0.39 is 25.4 Å². The van der Waals surface area contributed by atoms with Gasteiger partial charge in [0.15, 0.2) is 0 Å². The van der Waals surface area contributed by atoms with E-state index >= 15 is 4.39 Å². The summed E-state index contributed by atoms with van der Waals surface area (Å²) in [5.41, 5.74) is -0.260. The molecule has 0 aliphatic carbocycles. The highest BCUT2D eigenvalue weighted by atomic mass is 28.4. The summed E-state index contributed by atoms with van der Waals surface area (Å²) in [5, 5.41) is 2.54. The van der Waals surface area contributed by atoms with Crippen molar-refractivity contribution in [3.05, 3.63) is 118 Å². The number of halogens is 1. The lowest BCUT2D eigenvalue weighted by atomic mass is 9.93. The van der Waals surface area contributed by atoms with Gasteiger partial charge in [0.05, 0.1) is 5.69 Å². The third-order valence-corrected chi connectivity index (χ3v) is 13.3. The van der Waals surface area contributed by atoms with E-state index in [-0.39, 0.29) is 10.7 Å². The number of aromatic amines is 1. The number of piperidine rings is 1. The molecule has 41 heavy (non-hydrogen) atoms. The fourth-order valence-corrected chi connectivity index (χ4v) is 10.7. The monoisotopic (exact) mass is 571 g/mol. The van der Waals surface area contributed by atoms with Gasteiger partial charge in [0.2, 0.25) is 0 Å². The zero-order chi connectivity index (χ0) is 29.0. The van der Waals surface area contributed by atoms with E-state index in [1.54, 1.807) is 6.07 Å². The van der Waals surface area contributed by atoms with E-state index in [0.717, 1.165) is 42.6 Å². The molecule has 1 fully saturated rings. The van der Waals surface area contributed by atoms with Crippen LogP contribution in [0.3, 0.4) is 0 Å². The Bertz CT molecular complexity index is 1530. The van der Waals surface area contributed by atoms with Gasteiger partial charge in [-0.25, -0.2) is 9.18 Å². The predicted molar refractivity (Wildman–Crippen MR) is 166 cm³/mol. The zero-order valence-electron chi connectivity index (χ0n) is 24.0. The second-order valence-corrected chi connectivity index (χ2v) is 16.2.